The zero-order valence-electron chi connectivity index (χ0n) is 7.29. The van der Waals surface area contributed by atoms with Crippen LogP contribution >= 0.6 is 27.5 Å². The fourth-order valence-corrected chi connectivity index (χ4v) is 3.23. The van der Waals surface area contributed by atoms with E-state index in [-0.39, 0.29) is 9.10 Å². The van der Waals surface area contributed by atoms with Crippen molar-refractivity contribution in [2.75, 3.05) is 0 Å². The van der Waals surface area contributed by atoms with Crippen LogP contribution in [-0.2, 0) is 9.84 Å². The highest BCUT2D eigenvalue weighted by atomic mass is 79.9. The lowest BCUT2D eigenvalue weighted by atomic mass is 10.4. The predicted octanol–water partition coefficient (Wildman–Crippen LogP) is 2.13. The maximum Gasteiger partial charge on any atom is 0.219 e. The Kier molecular flexibility index (Phi) is 2.85. The third-order valence-corrected chi connectivity index (χ3v) is 5.13. The fraction of sp³-hybridized carbons (Fsp3) is 0. The van der Waals surface area contributed by atoms with Crippen molar-refractivity contribution in [2.24, 2.45) is 0 Å². The highest BCUT2D eigenvalue weighted by molar-refractivity contribution is 9.10. The minimum Gasteiger partial charge on any atom is -0.218 e. The second kappa shape index (κ2) is 3.99. The van der Waals surface area contributed by atoms with E-state index in [9.17, 15) is 8.42 Å². The molecule has 7 heteroatoms. The molecule has 0 aliphatic rings. The number of benzene rings is 1. The third-order valence-electron chi connectivity index (χ3n) is 1.73. The van der Waals surface area contributed by atoms with Crippen LogP contribution in [0, 0.1) is 0 Å². The Morgan fingerprint density at radius 1 is 1.20 bits per heavy atom. The summed E-state index contributed by atoms with van der Waals surface area (Å²) in [5, 5.41) is 3.51. The number of halogens is 1. The third kappa shape index (κ3) is 2.09. The van der Waals surface area contributed by atoms with Gasteiger partial charge in [-0.25, -0.2) is 8.42 Å². The maximum atomic E-state index is 11.9. The van der Waals surface area contributed by atoms with E-state index in [2.05, 4.69) is 25.5 Å². The zero-order chi connectivity index (χ0) is 10.9. The van der Waals surface area contributed by atoms with Crippen molar-refractivity contribution < 1.29 is 8.42 Å². The van der Waals surface area contributed by atoms with Gasteiger partial charge in [-0.2, -0.15) is 0 Å². The first kappa shape index (κ1) is 10.7. The lowest BCUT2D eigenvalue weighted by molar-refractivity contribution is 0.598. The molecule has 0 aliphatic carbocycles. The number of nitrogens with zero attached hydrogens (tertiary/aromatic N) is 2. The first-order chi connectivity index (χ1) is 7.10. The van der Waals surface area contributed by atoms with E-state index in [1.165, 1.54) is 6.20 Å². The summed E-state index contributed by atoms with van der Waals surface area (Å²) in [6.07, 6.45) is 1.25. The number of aromatic nitrogens is 2. The first-order valence-corrected chi connectivity index (χ1v) is 6.94. The summed E-state index contributed by atoms with van der Waals surface area (Å²) in [6.45, 7) is 0. The number of hydrogen-bond donors (Lipinski definition) is 0. The molecule has 15 heavy (non-hydrogen) atoms. The molecule has 78 valence electrons. The highest BCUT2D eigenvalue weighted by Crippen LogP contribution is 2.23. The second-order valence-electron chi connectivity index (χ2n) is 2.69. The zero-order valence-corrected chi connectivity index (χ0v) is 10.5. The van der Waals surface area contributed by atoms with Crippen molar-refractivity contribution in [3.8, 4) is 0 Å². The van der Waals surface area contributed by atoms with E-state index >= 15 is 0 Å². The van der Waals surface area contributed by atoms with Crippen LogP contribution in [0.3, 0.4) is 0 Å². The largest absolute Gasteiger partial charge is 0.219 e. The minimum absolute atomic E-state index is 0.157. The van der Waals surface area contributed by atoms with E-state index in [4.69, 9.17) is 0 Å². The van der Waals surface area contributed by atoms with Crippen LogP contribution in [0.25, 0.3) is 0 Å². The molecule has 0 aliphatic heterocycles. The smallest absolute Gasteiger partial charge is 0.218 e. The van der Waals surface area contributed by atoms with Crippen molar-refractivity contribution in [3.63, 3.8) is 0 Å². The highest BCUT2D eigenvalue weighted by Gasteiger charge is 2.19. The number of rotatable bonds is 2. The molecule has 0 radical (unpaired) electrons. The van der Waals surface area contributed by atoms with Crippen molar-refractivity contribution in [1.29, 1.82) is 0 Å². The molecule has 2 aromatic rings. The molecule has 1 heterocycles. The maximum absolute atomic E-state index is 11.9. The average Bonchev–Trinajstić information content (AvgIpc) is 2.71. The summed E-state index contributed by atoms with van der Waals surface area (Å²) >= 11 is 4.11. The van der Waals surface area contributed by atoms with E-state index in [0.29, 0.717) is 0 Å². The van der Waals surface area contributed by atoms with E-state index in [1.54, 1.807) is 24.3 Å². The summed E-state index contributed by atoms with van der Waals surface area (Å²) in [7, 11) is -3.44. The van der Waals surface area contributed by atoms with Gasteiger partial charge in [-0.1, -0.05) is 20.4 Å². The van der Waals surface area contributed by atoms with Gasteiger partial charge in [-0.3, -0.25) is 0 Å². The van der Waals surface area contributed by atoms with Gasteiger partial charge in [-0.05, 0) is 24.3 Å². The van der Waals surface area contributed by atoms with Gasteiger partial charge in [0.1, 0.15) is 0 Å². The standard InChI is InChI=1S/C8H5BrN2O2S2/c9-6-1-3-7(4-2-6)15(12,13)8-5-10-11-14-8/h1-5H. The number of sulfone groups is 1. The first-order valence-electron chi connectivity index (χ1n) is 3.89. The summed E-state index contributed by atoms with van der Waals surface area (Å²) in [4.78, 5) is 0.247. The van der Waals surface area contributed by atoms with Crippen molar-refractivity contribution in [1.82, 2.24) is 9.59 Å². The van der Waals surface area contributed by atoms with Crippen LogP contribution < -0.4 is 0 Å². The summed E-state index contributed by atoms with van der Waals surface area (Å²) < 4.78 is 28.4. The molecule has 2 rings (SSSR count). The molecule has 0 unspecified atom stereocenters. The quantitative estimate of drug-likeness (QED) is 0.853. The van der Waals surface area contributed by atoms with Crippen molar-refractivity contribution >= 4 is 37.3 Å². The van der Waals surface area contributed by atoms with Gasteiger partial charge in [0.2, 0.25) is 9.84 Å². The lowest BCUT2D eigenvalue weighted by Gasteiger charge is -1.99. The van der Waals surface area contributed by atoms with Gasteiger partial charge < -0.3 is 0 Å². The van der Waals surface area contributed by atoms with Gasteiger partial charge >= 0.3 is 0 Å². The molecular weight excluding hydrogens is 300 g/mol. The van der Waals surface area contributed by atoms with Gasteiger partial charge in [0.25, 0.3) is 0 Å². The Balaban J connectivity index is 2.52. The summed E-state index contributed by atoms with van der Waals surface area (Å²) in [6, 6.07) is 6.45. The van der Waals surface area contributed by atoms with E-state index in [0.717, 1.165) is 16.0 Å². The molecule has 0 atom stereocenters. The predicted molar refractivity (Wildman–Crippen MR) is 59.5 cm³/mol. The van der Waals surface area contributed by atoms with Crippen LogP contribution in [0.2, 0.25) is 0 Å². The second-order valence-corrected chi connectivity index (χ2v) is 6.57. The molecule has 0 saturated heterocycles. The molecule has 0 bridgehead atoms. The normalized spacial score (nSPS) is 11.5. The summed E-state index contributed by atoms with van der Waals surface area (Å²) in [5.41, 5.74) is 0. The number of hydrogen-bond acceptors (Lipinski definition) is 5. The monoisotopic (exact) mass is 304 g/mol. The Hall–Kier alpha value is -0.790. The SMILES string of the molecule is O=S(=O)(c1ccc(Br)cc1)c1cnns1. The van der Waals surface area contributed by atoms with Gasteiger partial charge in [0, 0.05) is 16.0 Å². The van der Waals surface area contributed by atoms with Crippen LogP contribution in [0.1, 0.15) is 0 Å². The van der Waals surface area contributed by atoms with Gasteiger partial charge in [0.15, 0.2) is 4.21 Å². The molecule has 0 spiro atoms. The summed E-state index contributed by atoms with van der Waals surface area (Å²) in [5.74, 6) is 0. The molecule has 1 aromatic carbocycles. The van der Waals surface area contributed by atoms with Crippen LogP contribution in [0.15, 0.2) is 44.0 Å². The lowest BCUT2D eigenvalue weighted by Crippen LogP contribution is -1.98. The molecule has 4 nitrogen and oxygen atoms in total. The molecule has 0 amide bonds. The van der Waals surface area contributed by atoms with E-state index in [1.807, 2.05) is 0 Å². The van der Waals surface area contributed by atoms with Crippen LogP contribution in [0.5, 0.6) is 0 Å². The Morgan fingerprint density at radius 3 is 2.40 bits per heavy atom. The molecular formula is C8H5BrN2O2S2. The van der Waals surface area contributed by atoms with Crippen molar-refractivity contribution in [3.05, 3.63) is 34.9 Å². The van der Waals surface area contributed by atoms with Crippen LogP contribution in [-0.4, -0.2) is 18.0 Å². The Labute approximate surface area is 99.2 Å². The van der Waals surface area contributed by atoms with Gasteiger partial charge in [-0.15, -0.1) is 5.10 Å². The molecule has 1 aromatic heterocycles. The Bertz CT molecular complexity index is 549. The average molecular weight is 305 g/mol. The Morgan fingerprint density at radius 2 is 1.87 bits per heavy atom. The molecule has 0 N–H and O–H groups in total. The topological polar surface area (TPSA) is 59.9 Å². The minimum atomic E-state index is -3.44. The van der Waals surface area contributed by atoms with E-state index < -0.39 is 9.84 Å². The molecule has 0 fully saturated rings. The van der Waals surface area contributed by atoms with Gasteiger partial charge in [0.05, 0.1) is 11.1 Å². The van der Waals surface area contributed by atoms with Crippen LogP contribution in [0.4, 0.5) is 0 Å². The fourth-order valence-electron chi connectivity index (χ4n) is 1.01. The van der Waals surface area contributed by atoms with Crippen molar-refractivity contribution in [2.45, 2.75) is 9.10 Å². The molecule has 0 saturated carbocycles.